The molecule has 37 heavy (non-hydrogen) atoms. The highest BCUT2D eigenvalue weighted by molar-refractivity contribution is 6.19. The second-order valence-electron chi connectivity index (χ2n) is 9.53. The number of hydrogen-bond acceptors (Lipinski definition) is 5. The van der Waals surface area contributed by atoms with Crippen molar-refractivity contribution in [3.63, 3.8) is 0 Å². The molecule has 0 atom stereocenters. The van der Waals surface area contributed by atoms with Crippen molar-refractivity contribution in [2.45, 2.75) is 46.0 Å². The molecule has 0 aliphatic carbocycles. The van der Waals surface area contributed by atoms with Gasteiger partial charge in [-0.1, -0.05) is 57.0 Å². The highest BCUT2D eigenvalue weighted by atomic mass is 16.5. The van der Waals surface area contributed by atoms with E-state index in [0.29, 0.717) is 34.8 Å². The molecule has 0 aliphatic rings. The van der Waals surface area contributed by atoms with Crippen LogP contribution in [0.4, 0.5) is 5.69 Å². The zero-order chi connectivity index (χ0) is 26.0. The number of furan rings is 1. The molecule has 2 N–H and O–H groups in total. The van der Waals surface area contributed by atoms with Gasteiger partial charge in [-0.15, -0.1) is 0 Å². The molecule has 5 nitrogen and oxygen atoms in total. The quantitative estimate of drug-likeness (QED) is 0.110. The first kappa shape index (κ1) is 26.5. The van der Waals surface area contributed by atoms with Crippen LogP contribution < -0.4 is 10.5 Å². The second-order valence-corrected chi connectivity index (χ2v) is 9.53. The molecule has 4 rings (SSSR count). The molecule has 0 radical (unpaired) electrons. The maximum absolute atomic E-state index is 13.7. The molecule has 0 amide bonds. The van der Waals surface area contributed by atoms with Crippen molar-refractivity contribution in [3.8, 4) is 17.1 Å². The van der Waals surface area contributed by atoms with Crippen molar-refractivity contribution < 1.29 is 13.9 Å². The number of unbranched alkanes of at least 4 members (excludes halogenated alkanes) is 2. The molecule has 0 saturated carbocycles. The summed E-state index contributed by atoms with van der Waals surface area (Å²) in [5.41, 5.74) is 9.25. The maximum atomic E-state index is 13.7. The van der Waals surface area contributed by atoms with Gasteiger partial charge in [0.15, 0.2) is 5.78 Å². The van der Waals surface area contributed by atoms with Crippen molar-refractivity contribution in [3.05, 3.63) is 83.9 Å². The van der Waals surface area contributed by atoms with Crippen molar-refractivity contribution in [2.75, 3.05) is 32.0 Å². The number of ketones is 1. The number of nitrogens with two attached hydrogens (primary N) is 1. The van der Waals surface area contributed by atoms with Crippen molar-refractivity contribution in [1.29, 1.82) is 0 Å². The summed E-state index contributed by atoms with van der Waals surface area (Å²) < 4.78 is 12.1. The molecule has 0 spiro atoms. The Kier molecular flexibility index (Phi) is 9.39. The van der Waals surface area contributed by atoms with Crippen LogP contribution in [0.2, 0.25) is 0 Å². The molecule has 3 aromatic carbocycles. The minimum Gasteiger partial charge on any atom is -0.494 e. The van der Waals surface area contributed by atoms with Gasteiger partial charge in [0.25, 0.3) is 0 Å². The molecular formula is C32H38N2O3. The van der Waals surface area contributed by atoms with Crippen LogP contribution in [0.5, 0.6) is 5.75 Å². The average molecular weight is 499 g/mol. The molecule has 1 aromatic heterocycles. The third-order valence-electron chi connectivity index (χ3n) is 6.63. The van der Waals surface area contributed by atoms with Gasteiger partial charge in [-0.05, 0) is 74.8 Å². The summed E-state index contributed by atoms with van der Waals surface area (Å²) in [5.74, 6) is 1.23. The number of carbonyl (C=O) groups excluding carboxylic acids is 1. The Morgan fingerprint density at radius 1 is 0.865 bits per heavy atom. The maximum Gasteiger partial charge on any atom is 0.197 e. The van der Waals surface area contributed by atoms with Gasteiger partial charge in [0.05, 0.1) is 12.2 Å². The molecule has 0 fully saturated rings. The van der Waals surface area contributed by atoms with Gasteiger partial charge < -0.3 is 19.8 Å². The number of carbonyl (C=O) groups is 1. The van der Waals surface area contributed by atoms with Gasteiger partial charge in [0.1, 0.15) is 17.1 Å². The highest BCUT2D eigenvalue weighted by Gasteiger charge is 2.23. The van der Waals surface area contributed by atoms with Crippen molar-refractivity contribution in [1.82, 2.24) is 4.90 Å². The zero-order valence-corrected chi connectivity index (χ0v) is 22.0. The fourth-order valence-corrected chi connectivity index (χ4v) is 4.56. The normalized spacial score (nSPS) is 11.3. The third-order valence-corrected chi connectivity index (χ3v) is 6.63. The van der Waals surface area contributed by atoms with E-state index in [1.165, 1.54) is 25.7 Å². The first-order valence-electron chi connectivity index (χ1n) is 13.5. The van der Waals surface area contributed by atoms with Crippen LogP contribution in [0, 0.1) is 0 Å². The summed E-state index contributed by atoms with van der Waals surface area (Å²) in [6, 6.07) is 22.5. The molecule has 0 saturated heterocycles. The van der Waals surface area contributed by atoms with Crippen molar-refractivity contribution >= 4 is 22.4 Å². The average Bonchev–Trinajstić information content (AvgIpc) is 3.31. The number of fused-ring (bicyclic) bond motifs is 1. The number of rotatable bonds is 14. The van der Waals surface area contributed by atoms with Gasteiger partial charge in [-0.2, -0.15) is 0 Å². The summed E-state index contributed by atoms with van der Waals surface area (Å²) in [4.78, 5) is 16.2. The van der Waals surface area contributed by atoms with E-state index in [1.54, 1.807) is 12.1 Å². The number of nitrogens with zero attached hydrogens (tertiary/aromatic N) is 1. The van der Waals surface area contributed by atoms with Crippen LogP contribution in [0.15, 0.2) is 77.2 Å². The van der Waals surface area contributed by atoms with E-state index in [9.17, 15) is 4.79 Å². The standard InChI is InChI=1S/C32H38N2O3/c1-3-5-19-34(20-6-4-2)21-10-22-36-27-16-13-24(14-17-27)31(35)30-28-23-26(33)15-18-29(28)37-32(30)25-11-8-7-9-12-25/h7-9,11-18,23H,3-6,10,19-22,33H2,1-2H3. The van der Waals surface area contributed by atoms with E-state index in [1.807, 2.05) is 60.7 Å². The first-order chi connectivity index (χ1) is 18.1. The van der Waals surface area contributed by atoms with Crippen LogP contribution in [0.25, 0.3) is 22.3 Å². The number of benzene rings is 3. The molecule has 194 valence electrons. The van der Waals surface area contributed by atoms with Gasteiger partial charge in [-0.25, -0.2) is 0 Å². The van der Waals surface area contributed by atoms with E-state index in [2.05, 4.69) is 18.7 Å². The van der Waals surface area contributed by atoms with Crippen LogP contribution in [0.1, 0.15) is 61.9 Å². The Morgan fingerprint density at radius 2 is 1.54 bits per heavy atom. The van der Waals surface area contributed by atoms with Crippen LogP contribution >= 0.6 is 0 Å². The minimum absolute atomic E-state index is 0.0998. The lowest BCUT2D eigenvalue weighted by molar-refractivity contribution is 0.104. The summed E-state index contributed by atoms with van der Waals surface area (Å²) in [6.45, 7) is 8.51. The molecule has 0 bridgehead atoms. The Balaban J connectivity index is 1.45. The topological polar surface area (TPSA) is 68.7 Å². The summed E-state index contributed by atoms with van der Waals surface area (Å²) >= 11 is 0. The van der Waals surface area contributed by atoms with Crippen LogP contribution in [-0.2, 0) is 0 Å². The van der Waals surface area contributed by atoms with Gasteiger partial charge in [0.2, 0.25) is 0 Å². The van der Waals surface area contributed by atoms with E-state index >= 15 is 0 Å². The number of anilines is 1. The Bertz CT molecular complexity index is 1270. The SMILES string of the molecule is CCCCN(CCCC)CCCOc1ccc(C(=O)c2c(-c3ccccc3)oc3ccc(N)cc23)cc1. The molecule has 5 heteroatoms. The van der Waals surface area contributed by atoms with Gasteiger partial charge in [0, 0.05) is 28.7 Å². The van der Waals surface area contributed by atoms with Crippen molar-refractivity contribution in [2.24, 2.45) is 0 Å². The fraction of sp³-hybridized carbons (Fsp3) is 0.344. The van der Waals surface area contributed by atoms with E-state index in [4.69, 9.17) is 14.9 Å². The smallest absolute Gasteiger partial charge is 0.197 e. The number of ether oxygens (including phenoxy) is 1. The van der Waals surface area contributed by atoms with Gasteiger partial charge >= 0.3 is 0 Å². The molecule has 4 aromatic rings. The lowest BCUT2D eigenvalue weighted by Crippen LogP contribution is -2.28. The third kappa shape index (κ3) is 6.80. The predicted molar refractivity (Wildman–Crippen MR) is 152 cm³/mol. The largest absolute Gasteiger partial charge is 0.494 e. The summed E-state index contributed by atoms with van der Waals surface area (Å²) in [7, 11) is 0. The summed E-state index contributed by atoms with van der Waals surface area (Å²) in [6.07, 6.45) is 5.91. The Morgan fingerprint density at radius 3 is 2.22 bits per heavy atom. The zero-order valence-electron chi connectivity index (χ0n) is 22.0. The predicted octanol–water partition coefficient (Wildman–Crippen LogP) is 7.58. The van der Waals surface area contributed by atoms with E-state index in [-0.39, 0.29) is 5.78 Å². The van der Waals surface area contributed by atoms with E-state index < -0.39 is 0 Å². The van der Waals surface area contributed by atoms with Gasteiger partial charge in [-0.3, -0.25) is 4.79 Å². The number of nitrogen functional groups attached to an aromatic ring is 1. The van der Waals surface area contributed by atoms with Crippen LogP contribution in [0.3, 0.4) is 0 Å². The monoisotopic (exact) mass is 498 g/mol. The highest BCUT2D eigenvalue weighted by Crippen LogP contribution is 2.36. The molecular weight excluding hydrogens is 460 g/mol. The Labute approximate surface area is 220 Å². The Hall–Kier alpha value is -3.57. The summed E-state index contributed by atoms with van der Waals surface area (Å²) in [5, 5.41) is 0.722. The molecule has 0 unspecified atom stereocenters. The van der Waals surface area contributed by atoms with Crippen LogP contribution in [-0.4, -0.2) is 36.9 Å². The second kappa shape index (κ2) is 13.1. The number of hydrogen-bond donors (Lipinski definition) is 1. The first-order valence-corrected chi connectivity index (χ1v) is 13.5. The lowest BCUT2D eigenvalue weighted by atomic mass is 9.97. The molecule has 1 heterocycles. The molecule has 0 aliphatic heterocycles. The lowest BCUT2D eigenvalue weighted by Gasteiger charge is -2.21. The van der Waals surface area contributed by atoms with E-state index in [0.717, 1.165) is 42.8 Å². The minimum atomic E-state index is -0.0998. The fourth-order valence-electron chi connectivity index (χ4n) is 4.56.